The minimum atomic E-state index is -4.13. The third-order valence-corrected chi connectivity index (χ3v) is 7.99. The van der Waals surface area contributed by atoms with Gasteiger partial charge in [-0.15, -0.1) is 0 Å². The molecule has 0 saturated carbocycles. The molecule has 7 nitrogen and oxygen atoms in total. The molecule has 0 radical (unpaired) electrons. The zero-order valence-corrected chi connectivity index (χ0v) is 22.8. The highest BCUT2D eigenvalue weighted by molar-refractivity contribution is 7.92. The zero-order valence-electron chi connectivity index (χ0n) is 21.2. The molecule has 3 rings (SSSR count). The third-order valence-electron chi connectivity index (χ3n) is 5.98. The van der Waals surface area contributed by atoms with Crippen molar-refractivity contribution in [3.63, 3.8) is 0 Å². The van der Waals surface area contributed by atoms with Gasteiger partial charge in [0, 0.05) is 18.1 Å². The van der Waals surface area contributed by atoms with Gasteiger partial charge in [0.15, 0.2) is 0 Å². The fourth-order valence-electron chi connectivity index (χ4n) is 4.08. The molecular formula is C28H32ClN3O4S. The van der Waals surface area contributed by atoms with E-state index in [-0.39, 0.29) is 17.3 Å². The van der Waals surface area contributed by atoms with Gasteiger partial charge in [-0.2, -0.15) is 0 Å². The van der Waals surface area contributed by atoms with Crippen molar-refractivity contribution in [3.05, 3.63) is 95.0 Å². The lowest BCUT2D eigenvalue weighted by Crippen LogP contribution is -2.52. The molecular weight excluding hydrogens is 510 g/mol. The Bertz CT molecular complexity index is 1320. The van der Waals surface area contributed by atoms with Crippen LogP contribution < -0.4 is 9.62 Å². The van der Waals surface area contributed by atoms with Crippen molar-refractivity contribution in [1.29, 1.82) is 0 Å². The predicted octanol–water partition coefficient (Wildman–Crippen LogP) is 4.79. The van der Waals surface area contributed by atoms with Crippen LogP contribution in [-0.2, 0) is 26.2 Å². The first-order valence-corrected chi connectivity index (χ1v) is 14.0. The fraction of sp³-hybridized carbons (Fsp3) is 0.286. The van der Waals surface area contributed by atoms with Gasteiger partial charge in [0.1, 0.15) is 12.6 Å². The van der Waals surface area contributed by atoms with Gasteiger partial charge < -0.3 is 10.2 Å². The lowest BCUT2D eigenvalue weighted by atomic mass is 10.1. The van der Waals surface area contributed by atoms with Crippen molar-refractivity contribution in [2.75, 3.05) is 17.4 Å². The standard InChI is InChI=1S/C28H32ClN3O4S/c1-4-25(28(34)30-5-2)31(19-22-12-8-6-9-13-22)27(33)20-32(26-18-23(29)17-16-21(26)3)37(35,36)24-14-10-7-11-15-24/h6-18,25H,4-5,19-20H2,1-3H3,(H,30,34)/t25-/m1/s1. The zero-order chi connectivity index (χ0) is 27.0. The van der Waals surface area contributed by atoms with Gasteiger partial charge >= 0.3 is 0 Å². The summed E-state index contributed by atoms with van der Waals surface area (Å²) in [5.74, 6) is -0.786. The molecule has 0 fully saturated rings. The van der Waals surface area contributed by atoms with Gasteiger partial charge in [0.2, 0.25) is 11.8 Å². The van der Waals surface area contributed by atoms with Crippen LogP contribution in [0.25, 0.3) is 0 Å². The molecule has 0 aliphatic heterocycles. The van der Waals surface area contributed by atoms with E-state index in [1.165, 1.54) is 23.1 Å². The molecule has 9 heteroatoms. The Kier molecular flexibility index (Phi) is 9.72. The van der Waals surface area contributed by atoms with Gasteiger partial charge in [0.25, 0.3) is 10.0 Å². The first-order valence-electron chi connectivity index (χ1n) is 12.1. The summed E-state index contributed by atoms with van der Waals surface area (Å²) in [6, 6.07) is 21.4. The summed E-state index contributed by atoms with van der Waals surface area (Å²) >= 11 is 6.24. The molecule has 1 atom stereocenters. The van der Waals surface area contributed by atoms with E-state index < -0.39 is 28.5 Å². The molecule has 2 amide bonds. The van der Waals surface area contributed by atoms with E-state index in [0.717, 1.165) is 9.87 Å². The van der Waals surface area contributed by atoms with Crippen LogP contribution >= 0.6 is 11.6 Å². The highest BCUT2D eigenvalue weighted by Gasteiger charge is 2.34. The second kappa shape index (κ2) is 12.7. The van der Waals surface area contributed by atoms with Crippen LogP contribution in [-0.4, -0.2) is 44.3 Å². The summed E-state index contributed by atoms with van der Waals surface area (Å²) < 4.78 is 28.7. The summed E-state index contributed by atoms with van der Waals surface area (Å²) in [6.07, 6.45) is 0.367. The van der Waals surface area contributed by atoms with Crippen LogP contribution in [0.15, 0.2) is 83.8 Å². The molecule has 196 valence electrons. The van der Waals surface area contributed by atoms with Crippen molar-refractivity contribution in [2.45, 2.75) is 44.7 Å². The van der Waals surface area contributed by atoms with Crippen molar-refractivity contribution < 1.29 is 18.0 Å². The summed E-state index contributed by atoms with van der Waals surface area (Å²) in [7, 11) is -4.13. The summed E-state index contributed by atoms with van der Waals surface area (Å²) in [6.45, 7) is 5.47. The van der Waals surface area contributed by atoms with E-state index in [2.05, 4.69) is 5.32 Å². The third kappa shape index (κ3) is 6.90. The molecule has 0 bridgehead atoms. The Labute approximate surface area is 224 Å². The lowest BCUT2D eigenvalue weighted by molar-refractivity contribution is -0.140. The van der Waals surface area contributed by atoms with Gasteiger partial charge in [0.05, 0.1) is 10.6 Å². The monoisotopic (exact) mass is 541 g/mol. The van der Waals surface area contributed by atoms with E-state index >= 15 is 0 Å². The number of nitrogens with zero attached hydrogens (tertiary/aromatic N) is 2. The maximum Gasteiger partial charge on any atom is 0.264 e. The Morgan fingerprint density at radius 2 is 1.57 bits per heavy atom. The average Bonchev–Trinajstić information content (AvgIpc) is 2.89. The van der Waals surface area contributed by atoms with E-state index in [1.54, 1.807) is 37.3 Å². The van der Waals surface area contributed by atoms with Crippen LogP contribution in [0.3, 0.4) is 0 Å². The van der Waals surface area contributed by atoms with Crippen molar-refractivity contribution in [2.24, 2.45) is 0 Å². The van der Waals surface area contributed by atoms with Gasteiger partial charge in [-0.05, 0) is 55.7 Å². The van der Waals surface area contributed by atoms with Crippen LogP contribution in [0.5, 0.6) is 0 Å². The molecule has 0 unspecified atom stereocenters. The number of aryl methyl sites for hydroxylation is 1. The minimum absolute atomic E-state index is 0.0487. The second-order valence-electron chi connectivity index (χ2n) is 8.58. The topological polar surface area (TPSA) is 86.8 Å². The molecule has 37 heavy (non-hydrogen) atoms. The number of carbonyl (C=O) groups is 2. The molecule has 0 saturated heterocycles. The van der Waals surface area contributed by atoms with Crippen LogP contribution in [0, 0.1) is 6.92 Å². The number of likely N-dealkylation sites (N-methyl/N-ethyl adjacent to an activating group) is 1. The molecule has 3 aromatic carbocycles. The van der Waals surface area contributed by atoms with Gasteiger partial charge in [-0.25, -0.2) is 8.42 Å². The van der Waals surface area contributed by atoms with Crippen molar-refractivity contribution in [1.82, 2.24) is 10.2 Å². The predicted molar refractivity (Wildman–Crippen MR) is 147 cm³/mol. The number of nitrogens with one attached hydrogen (secondary N) is 1. The van der Waals surface area contributed by atoms with E-state index in [0.29, 0.717) is 29.2 Å². The minimum Gasteiger partial charge on any atom is -0.355 e. The van der Waals surface area contributed by atoms with E-state index in [1.807, 2.05) is 44.2 Å². The van der Waals surface area contributed by atoms with Crippen molar-refractivity contribution >= 4 is 39.1 Å². The molecule has 1 N–H and O–H groups in total. The number of hydrogen-bond acceptors (Lipinski definition) is 4. The smallest absolute Gasteiger partial charge is 0.264 e. The molecule has 3 aromatic rings. The summed E-state index contributed by atoms with van der Waals surface area (Å²) in [5, 5.41) is 3.14. The first-order chi connectivity index (χ1) is 17.7. The van der Waals surface area contributed by atoms with Crippen LogP contribution in [0.2, 0.25) is 5.02 Å². The maximum atomic E-state index is 13.9. The van der Waals surface area contributed by atoms with Gasteiger partial charge in [-0.1, -0.05) is 73.1 Å². The second-order valence-corrected chi connectivity index (χ2v) is 10.9. The van der Waals surface area contributed by atoms with E-state index in [4.69, 9.17) is 11.6 Å². The van der Waals surface area contributed by atoms with Gasteiger partial charge in [-0.3, -0.25) is 13.9 Å². The number of anilines is 1. The quantitative estimate of drug-likeness (QED) is 0.378. The number of sulfonamides is 1. The Morgan fingerprint density at radius 1 is 0.946 bits per heavy atom. The maximum absolute atomic E-state index is 13.9. The lowest BCUT2D eigenvalue weighted by Gasteiger charge is -2.33. The first kappa shape index (κ1) is 28.2. The number of amides is 2. The summed E-state index contributed by atoms with van der Waals surface area (Å²) in [5.41, 5.74) is 1.77. The highest BCUT2D eigenvalue weighted by Crippen LogP contribution is 2.30. The number of carbonyl (C=O) groups excluding carboxylic acids is 2. The Balaban J connectivity index is 2.08. The van der Waals surface area contributed by atoms with E-state index in [9.17, 15) is 18.0 Å². The fourth-order valence-corrected chi connectivity index (χ4v) is 5.73. The number of halogens is 1. The highest BCUT2D eigenvalue weighted by atomic mass is 35.5. The number of rotatable bonds is 11. The normalized spacial score (nSPS) is 12.0. The Morgan fingerprint density at radius 3 is 2.16 bits per heavy atom. The van der Waals surface area contributed by atoms with Crippen molar-refractivity contribution in [3.8, 4) is 0 Å². The number of hydrogen-bond donors (Lipinski definition) is 1. The molecule has 0 spiro atoms. The average molecular weight is 542 g/mol. The molecule has 0 heterocycles. The molecule has 0 aromatic heterocycles. The van der Waals surface area contributed by atoms with Crippen LogP contribution in [0.4, 0.5) is 5.69 Å². The largest absolute Gasteiger partial charge is 0.355 e. The van der Waals surface area contributed by atoms with Crippen LogP contribution in [0.1, 0.15) is 31.4 Å². The SMILES string of the molecule is CCNC(=O)[C@@H](CC)N(Cc1ccccc1)C(=O)CN(c1cc(Cl)ccc1C)S(=O)(=O)c1ccccc1. The molecule has 0 aliphatic carbocycles. The molecule has 0 aliphatic rings. The Hall–Kier alpha value is -3.36. The number of benzene rings is 3. The summed E-state index contributed by atoms with van der Waals surface area (Å²) in [4.78, 5) is 28.4.